The number of ether oxygens (including phenoxy) is 1. The van der Waals surface area contributed by atoms with Crippen LogP contribution in [0.4, 0.5) is 4.39 Å². The van der Waals surface area contributed by atoms with Crippen molar-refractivity contribution in [3.8, 4) is 5.75 Å². The molecule has 1 N–H and O–H groups in total. The van der Waals surface area contributed by atoms with Crippen molar-refractivity contribution < 1.29 is 18.7 Å². The van der Waals surface area contributed by atoms with Gasteiger partial charge in [-0.2, -0.15) is 0 Å². The van der Waals surface area contributed by atoms with Crippen LogP contribution in [0.15, 0.2) is 42.5 Å². The molecule has 3 rings (SSSR count). The molecular formula is C24H29ClFN3O3. The second-order valence-corrected chi connectivity index (χ2v) is 8.69. The quantitative estimate of drug-likeness (QED) is 0.684. The smallest absolute Gasteiger partial charge is 0.260 e. The van der Waals surface area contributed by atoms with Gasteiger partial charge in [-0.05, 0) is 49.7 Å². The third kappa shape index (κ3) is 6.43. The van der Waals surface area contributed by atoms with Gasteiger partial charge in [0, 0.05) is 55.8 Å². The highest BCUT2D eigenvalue weighted by atomic mass is 35.5. The standard InChI is InChI=1S/C24H29ClFN3O3/c1-16-13-29(17(2)12-28(16)14-19-4-7-22(26)8-5-19)24(31)15-32-23-9-6-21(25)10-20(23)11-27-18(3)30/h4-10,16-17H,11-15H2,1-3H3,(H,27,30)/t16-,17+/m1/s1. The Balaban J connectivity index is 1.58. The van der Waals surface area contributed by atoms with Crippen molar-refractivity contribution in [2.24, 2.45) is 0 Å². The molecule has 0 unspecified atom stereocenters. The highest BCUT2D eigenvalue weighted by Crippen LogP contribution is 2.24. The average Bonchev–Trinajstić information content (AvgIpc) is 2.75. The van der Waals surface area contributed by atoms with Crippen LogP contribution in [-0.4, -0.2) is 53.4 Å². The summed E-state index contributed by atoms with van der Waals surface area (Å²) in [6.45, 7) is 7.74. The minimum absolute atomic E-state index is 0.0202. The summed E-state index contributed by atoms with van der Waals surface area (Å²) in [5.74, 6) is 0.0261. The van der Waals surface area contributed by atoms with Crippen molar-refractivity contribution in [3.05, 3.63) is 64.4 Å². The molecule has 2 amide bonds. The highest BCUT2D eigenvalue weighted by Gasteiger charge is 2.32. The van der Waals surface area contributed by atoms with Crippen molar-refractivity contribution in [2.45, 2.75) is 45.9 Å². The summed E-state index contributed by atoms with van der Waals surface area (Å²) in [6.07, 6.45) is 0. The molecule has 1 aliphatic heterocycles. The van der Waals surface area contributed by atoms with Crippen LogP contribution in [0.2, 0.25) is 5.02 Å². The van der Waals surface area contributed by atoms with E-state index in [1.807, 2.05) is 11.8 Å². The molecule has 2 aromatic carbocycles. The van der Waals surface area contributed by atoms with Crippen LogP contribution >= 0.6 is 11.6 Å². The second kappa shape index (κ2) is 10.8. The number of nitrogens with zero attached hydrogens (tertiary/aromatic N) is 2. The van der Waals surface area contributed by atoms with Crippen molar-refractivity contribution in [2.75, 3.05) is 19.7 Å². The van der Waals surface area contributed by atoms with E-state index in [2.05, 4.69) is 17.1 Å². The van der Waals surface area contributed by atoms with Gasteiger partial charge in [-0.25, -0.2) is 4.39 Å². The second-order valence-electron chi connectivity index (χ2n) is 8.25. The van der Waals surface area contributed by atoms with Crippen LogP contribution < -0.4 is 10.1 Å². The molecule has 2 atom stereocenters. The first-order valence-corrected chi connectivity index (χ1v) is 11.0. The number of hydrogen-bond donors (Lipinski definition) is 1. The Bertz CT molecular complexity index is 954. The molecule has 8 heteroatoms. The van der Waals surface area contributed by atoms with Crippen LogP contribution in [0.25, 0.3) is 0 Å². The third-order valence-electron chi connectivity index (χ3n) is 5.64. The van der Waals surface area contributed by atoms with E-state index in [1.165, 1.54) is 19.1 Å². The fourth-order valence-electron chi connectivity index (χ4n) is 3.86. The van der Waals surface area contributed by atoms with E-state index in [1.54, 1.807) is 30.3 Å². The minimum Gasteiger partial charge on any atom is -0.483 e. The van der Waals surface area contributed by atoms with E-state index >= 15 is 0 Å². The zero-order valence-electron chi connectivity index (χ0n) is 18.6. The summed E-state index contributed by atoms with van der Waals surface area (Å²) in [7, 11) is 0. The zero-order valence-corrected chi connectivity index (χ0v) is 19.4. The fraction of sp³-hybridized carbons (Fsp3) is 0.417. The van der Waals surface area contributed by atoms with Gasteiger partial charge in [-0.3, -0.25) is 14.5 Å². The molecule has 0 spiro atoms. The van der Waals surface area contributed by atoms with Crippen molar-refractivity contribution in [1.82, 2.24) is 15.1 Å². The predicted octanol–water partition coefficient (Wildman–Crippen LogP) is 3.62. The number of benzene rings is 2. The molecule has 0 bridgehead atoms. The SMILES string of the molecule is CC(=O)NCc1cc(Cl)ccc1OCC(=O)N1C[C@@H](C)N(Cc2ccc(F)cc2)C[C@@H]1C. The van der Waals surface area contributed by atoms with Gasteiger partial charge in [0.2, 0.25) is 5.91 Å². The van der Waals surface area contributed by atoms with E-state index < -0.39 is 0 Å². The summed E-state index contributed by atoms with van der Waals surface area (Å²) in [4.78, 5) is 28.3. The maximum Gasteiger partial charge on any atom is 0.260 e. The molecule has 2 aromatic rings. The van der Waals surface area contributed by atoms with Gasteiger partial charge in [0.1, 0.15) is 11.6 Å². The first-order chi connectivity index (χ1) is 15.2. The molecule has 0 saturated carbocycles. The summed E-state index contributed by atoms with van der Waals surface area (Å²) in [5, 5.41) is 3.25. The molecule has 32 heavy (non-hydrogen) atoms. The minimum atomic E-state index is -0.244. The molecule has 0 aliphatic carbocycles. The summed E-state index contributed by atoms with van der Waals surface area (Å²) < 4.78 is 19.0. The molecule has 1 aliphatic rings. The Morgan fingerprint density at radius 3 is 2.53 bits per heavy atom. The number of hydrogen-bond acceptors (Lipinski definition) is 4. The lowest BCUT2D eigenvalue weighted by Gasteiger charge is -2.44. The molecular weight excluding hydrogens is 433 g/mol. The van der Waals surface area contributed by atoms with E-state index in [9.17, 15) is 14.0 Å². The molecule has 6 nitrogen and oxygen atoms in total. The van der Waals surface area contributed by atoms with Crippen LogP contribution in [0.1, 0.15) is 31.9 Å². The van der Waals surface area contributed by atoms with Crippen LogP contribution in [0, 0.1) is 5.82 Å². The highest BCUT2D eigenvalue weighted by molar-refractivity contribution is 6.30. The number of rotatable bonds is 7. The topological polar surface area (TPSA) is 61.9 Å². The Labute approximate surface area is 193 Å². The largest absolute Gasteiger partial charge is 0.483 e. The first-order valence-electron chi connectivity index (χ1n) is 10.7. The maximum atomic E-state index is 13.2. The zero-order chi connectivity index (χ0) is 23.3. The van der Waals surface area contributed by atoms with Crippen molar-refractivity contribution >= 4 is 23.4 Å². The molecule has 1 heterocycles. The molecule has 0 aromatic heterocycles. The Morgan fingerprint density at radius 2 is 1.84 bits per heavy atom. The van der Waals surface area contributed by atoms with Gasteiger partial charge in [-0.15, -0.1) is 0 Å². The van der Waals surface area contributed by atoms with Crippen molar-refractivity contribution in [1.29, 1.82) is 0 Å². The van der Waals surface area contributed by atoms with Crippen LogP contribution in [-0.2, 0) is 22.7 Å². The van der Waals surface area contributed by atoms with Gasteiger partial charge in [-0.1, -0.05) is 23.7 Å². The van der Waals surface area contributed by atoms with Crippen molar-refractivity contribution in [3.63, 3.8) is 0 Å². The predicted molar refractivity (Wildman–Crippen MR) is 122 cm³/mol. The number of carbonyl (C=O) groups is 2. The van der Waals surface area contributed by atoms with E-state index in [-0.39, 0.29) is 42.9 Å². The number of amides is 2. The Hall–Kier alpha value is -2.64. The number of piperazine rings is 1. The van der Waals surface area contributed by atoms with E-state index in [4.69, 9.17) is 16.3 Å². The fourth-order valence-corrected chi connectivity index (χ4v) is 4.05. The summed E-state index contributed by atoms with van der Waals surface area (Å²) in [5.41, 5.74) is 1.76. The van der Waals surface area contributed by atoms with Crippen LogP contribution in [0.5, 0.6) is 5.75 Å². The number of carbonyl (C=O) groups excluding carboxylic acids is 2. The van der Waals surface area contributed by atoms with Gasteiger partial charge >= 0.3 is 0 Å². The lowest BCUT2D eigenvalue weighted by molar-refractivity contribution is -0.139. The summed E-state index contributed by atoms with van der Waals surface area (Å²) >= 11 is 6.06. The molecule has 0 radical (unpaired) electrons. The first kappa shape index (κ1) is 24.0. The van der Waals surface area contributed by atoms with Crippen LogP contribution in [0.3, 0.4) is 0 Å². The normalized spacial score (nSPS) is 19.0. The number of halogens is 2. The molecule has 1 fully saturated rings. The Morgan fingerprint density at radius 1 is 1.12 bits per heavy atom. The average molecular weight is 462 g/mol. The lowest BCUT2D eigenvalue weighted by atomic mass is 10.1. The van der Waals surface area contributed by atoms with Gasteiger partial charge < -0.3 is 15.0 Å². The van der Waals surface area contributed by atoms with E-state index in [0.29, 0.717) is 29.4 Å². The molecule has 1 saturated heterocycles. The van der Waals surface area contributed by atoms with E-state index in [0.717, 1.165) is 12.1 Å². The lowest BCUT2D eigenvalue weighted by Crippen LogP contribution is -2.58. The third-order valence-corrected chi connectivity index (χ3v) is 5.87. The Kier molecular flexibility index (Phi) is 8.10. The van der Waals surface area contributed by atoms with Gasteiger partial charge in [0.05, 0.1) is 0 Å². The van der Waals surface area contributed by atoms with Gasteiger partial charge in [0.15, 0.2) is 6.61 Å². The van der Waals surface area contributed by atoms with Gasteiger partial charge in [0.25, 0.3) is 5.91 Å². The summed E-state index contributed by atoms with van der Waals surface area (Å²) in [6, 6.07) is 11.8. The monoisotopic (exact) mass is 461 g/mol. The molecule has 172 valence electrons. The number of nitrogens with one attached hydrogen (secondary N) is 1. The maximum absolute atomic E-state index is 13.2.